The van der Waals surface area contributed by atoms with E-state index in [1.807, 2.05) is 188 Å². The summed E-state index contributed by atoms with van der Waals surface area (Å²) in [5.74, 6) is 8.81. The summed E-state index contributed by atoms with van der Waals surface area (Å²) in [5, 5.41) is 18.2. The molecular weight excluding hydrogens is 841 g/mol. The van der Waals surface area contributed by atoms with E-state index in [-0.39, 0.29) is 0 Å². The number of nitriles is 2. The van der Waals surface area contributed by atoms with Crippen LogP contribution in [0.4, 0.5) is 0 Å². The monoisotopic (exact) mass is 862 g/mol. The molecule has 6 heterocycles. The van der Waals surface area contributed by atoms with E-state index in [2.05, 4.69) is 12.1 Å². The van der Waals surface area contributed by atoms with Gasteiger partial charge in [-0.05, 0) is 17.9 Å². The summed E-state index contributed by atoms with van der Waals surface area (Å²) in [5.41, 5.74) is 0. The highest BCUT2D eigenvalue weighted by Gasteiger charge is 2.33. The minimum Gasteiger partial charge on any atom is -0.198 e. The van der Waals surface area contributed by atoms with Crippen molar-refractivity contribution in [1.82, 2.24) is 0 Å². The fourth-order valence-corrected chi connectivity index (χ4v) is 27.7. The molecule has 0 unspecified atom stereocenters. The number of nitrogens with zero attached hydrogens (tertiary/aromatic N) is 2. The Morgan fingerprint density at radius 3 is 1.05 bits per heavy atom. The highest BCUT2D eigenvalue weighted by atomic mass is 32.3. The molecule has 0 N–H and O–H groups in total. The Hall–Kier alpha value is 3.02. The van der Waals surface area contributed by atoms with Crippen LogP contribution in [0.2, 0.25) is 0 Å². The van der Waals surface area contributed by atoms with Gasteiger partial charge >= 0.3 is 0 Å². The van der Waals surface area contributed by atoms with Gasteiger partial charge in [0, 0.05) is 47.4 Å². The van der Waals surface area contributed by atoms with Crippen molar-refractivity contribution in [2.45, 2.75) is 19.3 Å². The summed E-state index contributed by atoms with van der Waals surface area (Å²) in [6.45, 7) is 0. The lowest BCUT2D eigenvalue weighted by Crippen LogP contribution is -1.88. The van der Waals surface area contributed by atoms with Crippen molar-refractivity contribution in [1.29, 1.82) is 10.5 Å². The average Bonchev–Trinajstić information content (AvgIpc) is 3.81. The standard InChI is InChI=1S/C25H22N2S16/c26-4-1-6-28-14-16(38-22(36-14)24-40-18-19(41-24)33-11-10-32-18)30-8-3-9-31-17-15(29-7-2-5-27)37-23(39-17)25-42-20-21(43-25)35-13-12-34-20/h1-3,6-13H2. The Kier molecular flexibility index (Phi) is 15.7. The fraction of sp³-hybridized carbons (Fsp3) is 0.440. The molecule has 0 bridgehead atoms. The topological polar surface area (TPSA) is 47.6 Å². The third kappa shape index (κ3) is 10.1. The van der Waals surface area contributed by atoms with E-state index in [1.54, 1.807) is 0 Å². The van der Waals surface area contributed by atoms with E-state index in [1.165, 1.54) is 73.9 Å². The summed E-state index contributed by atoms with van der Waals surface area (Å²) in [6, 6.07) is 4.62. The molecule has 18 heteroatoms. The molecule has 0 aromatic heterocycles. The van der Waals surface area contributed by atoms with Crippen LogP contribution in [-0.4, -0.2) is 46.0 Å². The molecule has 0 fully saturated rings. The van der Waals surface area contributed by atoms with Gasteiger partial charge in [-0.3, -0.25) is 0 Å². The lowest BCUT2D eigenvalue weighted by Gasteiger charge is -2.08. The van der Waals surface area contributed by atoms with Gasteiger partial charge in [0.25, 0.3) is 0 Å². The summed E-state index contributed by atoms with van der Waals surface area (Å²) in [6.07, 6.45) is 2.34. The largest absolute Gasteiger partial charge is 0.198 e. The Morgan fingerprint density at radius 1 is 0.419 bits per heavy atom. The van der Waals surface area contributed by atoms with Crippen LogP contribution < -0.4 is 0 Å². The Morgan fingerprint density at radius 2 is 0.721 bits per heavy atom. The molecule has 0 saturated carbocycles. The van der Waals surface area contributed by atoms with Gasteiger partial charge in [0.1, 0.15) is 0 Å². The smallest absolute Gasteiger partial charge is 0.0717 e. The molecule has 0 atom stereocenters. The third-order valence-electron chi connectivity index (χ3n) is 5.23. The van der Waals surface area contributed by atoms with Crippen molar-refractivity contribution in [2.75, 3.05) is 46.0 Å². The average molecular weight is 864 g/mol. The van der Waals surface area contributed by atoms with E-state index in [0.717, 1.165) is 29.4 Å². The normalized spacial score (nSPS) is 22.3. The van der Waals surface area contributed by atoms with Crippen molar-refractivity contribution in [3.05, 3.63) is 50.8 Å². The highest BCUT2D eigenvalue weighted by molar-refractivity contribution is 8.46. The van der Waals surface area contributed by atoms with Crippen LogP contribution in [-0.2, 0) is 0 Å². The summed E-state index contributed by atoms with van der Waals surface area (Å²) < 4.78 is 17.4. The van der Waals surface area contributed by atoms with E-state index >= 15 is 0 Å². The summed E-state index contributed by atoms with van der Waals surface area (Å²) in [7, 11) is 0. The zero-order chi connectivity index (χ0) is 29.4. The van der Waals surface area contributed by atoms with Crippen LogP contribution in [0.15, 0.2) is 50.8 Å². The van der Waals surface area contributed by atoms with Gasteiger partial charge < -0.3 is 0 Å². The molecule has 0 aromatic rings. The van der Waals surface area contributed by atoms with Crippen molar-refractivity contribution >= 4 is 188 Å². The lowest BCUT2D eigenvalue weighted by molar-refractivity contribution is 1.13. The fourth-order valence-electron chi connectivity index (χ4n) is 3.44. The second-order valence-electron chi connectivity index (χ2n) is 8.22. The second kappa shape index (κ2) is 18.9. The maximum Gasteiger partial charge on any atom is 0.0717 e. The highest BCUT2D eigenvalue weighted by Crippen LogP contribution is 2.68. The van der Waals surface area contributed by atoms with E-state index in [0.29, 0.717) is 12.8 Å². The van der Waals surface area contributed by atoms with Crippen molar-refractivity contribution in [3.63, 3.8) is 0 Å². The first kappa shape index (κ1) is 35.8. The van der Waals surface area contributed by atoms with Gasteiger partial charge in [0.15, 0.2) is 0 Å². The predicted molar refractivity (Wildman–Crippen MR) is 228 cm³/mol. The molecule has 0 amide bonds. The van der Waals surface area contributed by atoms with Crippen molar-refractivity contribution in [3.8, 4) is 12.1 Å². The number of rotatable bonds is 12. The molecule has 228 valence electrons. The Balaban J connectivity index is 1.02. The minimum atomic E-state index is 0.595. The number of hydrogen-bond acceptors (Lipinski definition) is 18. The molecule has 0 radical (unpaired) electrons. The van der Waals surface area contributed by atoms with Crippen molar-refractivity contribution in [2.24, 2.45) is 0 Å². The molecule has 6 aliphatic rings. The third-order valence-corrected chi connectivity index (χ3v) is 29.1. The Bertz CT molecular complexity index is 1250. The van der Waals surface area contributed by atoms with Crippen LogP contribution >= 0.6 is 188 Å². The first-order valence-electron chi connectivity index (χ1n) is 12.9. The van der Waals surface area contributed by atoms with Crippen LogP contribution in [0.3, 0.4) is 0 Å². The SMILES string of the molecule is N#CCCSC1=C(SCCCSC2=C(SCCC#N)SC(=C3SC4=C(SCCS4)S3)S2)SC(=C2SC3=C(SCCS3)S2)S1. The second-order valence-corrected chi connectivity index (χ2v) is 28.3. The zero-order valence-corrected chi connectivity index (χ0v) is 35.3. The molecule has 0 aliphatic carbocycles. The van der Waals surface area contributed by atoms with E-state index in [9.17, 15) is 0 Å². The van der Waals surface area contributed by atoms with E-state index < -0.39 is 0 Å². The maximum atomic E-state index is 9.09. The minimum absolute atomic E-state index is 0.595. The Labute approximate surface area is 322 Å². The van der Waals surface area contributed by atoms with Gasteiger partial charge in [-0.25, -0.2) is 0 Å². The summed E-state index contributed by atoms with van der Waals surface area (Å²) in [4.78, 5) is 0. The molecule has 43 heavy (non-hydrogen) atoms. The molecule has 0 saturated heterocycles. The summed E-state index contributed by atoms with van der Waals surface area (Å²) >= 11 is 31.5. The van der Waals surface area contributed by atoms with Crippen LogP contribution in [0.5, 0.6) is 0 Å². The van der Waals surface area contributed by atoms with Gasteiger partial charge in [-0.15, -0.1) is 94.1 Å². The molecule has 0 aromatic carbocycles. The lowest BCUT2D eigenvalue weighted by atomic mass is 10.6. The number of thioether (sulfide) groups is 16. The molecule has 0 spiro atoms. The van der Waals surface area contributed by atoms with Crippen LogP contribution in [0.1, 0.15) is 19.3 Å². The van der Waals surface area contributed by atoms with Gasteiger partial charge in [-0.2, -0.15) is 10.5 Å². The quantitative estimate of drug-likeness (QED) is 0.175. The maximum absolute atomic E-state index is 9.09. The van der Waals surface area contributed by atoms with Gasteiger partial charge in [0.2, 0.25) is 0 Å². The molecule has 6 rings (SSSR count). The van der Waals surface area contributed by atoms with Crippen LogP contribution in [0, 0.1) is 22.7 Å². The van der Waals surface area contributed by atoms with Gasteiger partial charge in [-0.1, -0.05) is 94.1 Å². The molecule has 2 nitrogen and oxygen atoms in total. The zero-order valence-electron chi connectivity index (χ0n) is 22.2. The molecular formula is C25H22N2S16. The first-order chi connectivity index (χ1) is 21.2. The number of hydrogen-bond donors (Lipinski definition) is 0. The molecule has 6 aliphatic heterocycles. The van der Waals surface area contributed by atoms with Crippen molar-refractivity contribution < 1.29 is 0 Å². The predicted octanol–water partition coefficient (Wildman–Crippen LogP) is 13.8. The van der Waals surface area contributed by atoms with E-state index in [4.69, 9.17) is 10.5 Å². The first-order valence-corrected chi connectivity index (χ1v) is 27.3. The van der Waals surface area contributed by atoms with Crippen LogP contribution in [0.25, 0.3) is 0 Å². The van der Waals surface area contributed by atoms with Gasteiger partial charge in [0.05, 0.1) is 63.0 Å².